The molecule has 1 heterocycles. The number of aromatic nitrogens is 3. The fourth-order valence-electron chi connectivity index (χ4n) is 0.927. The van der Waals surface area contributed by atoms with Gasteiger partial charge in [-0.25, -0.2) is 0 Å². The molecular formula is C8H16N4O. The van der Waals surface area contributed by atoms with Crippen molar-refractivity contribution in [1.82, 2.24) is 15.0 Å². The molecule has 0 amide bonds. The molecular weight excluding hydrogens is 168 g/mol. The Balaban J connectivity index is 2.53. The van der Waals surface area contributed by atoms with Crippen LogP contribution in [0.2, 0.25) is 0 Å². The second-order valence-corrected chi connectivity index (χ2v) is 3.50. The average Bonchev–Trinajstić information content (AvgIpc) is 2.52. The molecule has 0 saturated heterocycles. The van der Waals surface area contributed by atoms with Gasteiger partial charge in [0.25, 0.3) is 0 Å². The predicted molar refractivity (Wildman–Crippen MR) is 48.8 cm³/mol. The standard InChI is InChI=1S/C8H16N4O/c1-6(2)8(9)4-12-3-7(5-13)10-11-12/h3,6,8,13H,4-5,9H2,1-2H3/t8-/m1/s1. The summed E-state index contributed by atoms with van der Waals surface area (Å²) in [6, 6.07) is 0.0771. The third-order valence-corrected chi connectivity index (χ3v) is 2.00. The van der Waals surface area contributed by atoms with Crippen molar-refractivity contribution >= 4 is 0 Å². The molecule has 0 aliphatic heterocycles. The van der Waals surface area contributed by atoms with Gasteiger partial charge in [0.15, 0.2) is 0 Å². The van der Waals surface area contributed by atoms with Crippen LogP contribution >= 0.6 is 0 Å². The van der Waals surface area contributed by atoms with Gasteiger partial charge in [-0.15, -0.1) is 5.10 Å². The molecule has 1 rings (SSSR count). The molecule has 1 aromatic heterocycles. The maximum Gasteiger partial charge on any atom is 0.108 e. The van der Waals surface area contributed by atoms with E-state index in [1.807, 2.05) is 0 Å². The van der Waals surface area contributed by atoms with Gasteiger partial charge in [0.1, 0.15) is 5.69 Å². The third kappa shape index (κ3) is 2.78. The Hall–Kier alpha value is -0.940. The van der Waals surface area contributed by atoms with Crippen LogP contribution in [0.3, 0.4) is 0 Å². The SMILES string of the molecule is CC(C)[C@H](N)Cn1cc(CO)nn1. The van der Waals surface area contributed by atoms with Crippen LogP contribution in [0.4, 0.5) is 0 Å². The number of nitrogens with zero attached hydrogens (tertiary/aromatic N) is 3. The first-order valence-electron chi connectivity index (χ1n) is 4.39. The summed E-state index contributed by atoms with van der Waals surface area (Å²) < 4.78 is 1.66. The quantitative estimate of drug-likeness (QED) is 0.676. The minimum atomic E-state index is -0.0725. The summed E-state index contributed by atoms with van der Waals surface area (Å²) in [6.45, 7) is 4.70. The van der Waals surface area contributed by atoms with Crippen LogP contribution in [0.15, 0.2) is 6.20 Å². The number of aliphatic hydroxyl groups excluding tert-OH is 1. The molecule has 3 N–H and O–H groups in total. The van der Waals surface area contributed by atoms with Crippen molar-refractivity contribution in [3.8, 4) is 0 Å². The van der Waals surface area contributed by atoms with Gasteiger partial charge in [-0.05, 0) is 5.92 Å². The Morgan fingerprint density at radius 2 is 2.31 bits per heavy atom. The van der Waals surface area contributed by atoms with Gasteiger partial charge in [0.05, 0.1) is 19.3 Å². The fourth-order valence-corrected chi connectivity index (χ4v) is 0.927. The maximum absolute atomic E-state index is 8.75. The molecule has 0 spiro atoms. The van der Waals surface area contributed by atoms with Gasteiger partial charge in [-0.1, -0.05) is 19.1 Å². The second-order valence-electron chi connectivity index (χ2n) is 3.50. The molecule has 0 bridgehead atoms. The number of nitrogens with two attached hydrogens (primary N) is 1. The Morgan fingerprint density at radius 1 is 1.62 bits per heavy atom. The Morgan fingerprint density at radius 3 is 2.77 bits per heavy atom. The van der Waals surface area contributed by atoms with E-state index in [1.54, 1.807) is 10.9 Å². The molecule has 1 aromatic rings. The molecule has 5 nitrogen and oxygen atoms in total. The van der Waals surface area contributed by atoms with E-state index in [0.717, 1.165) is 0 Å². The fraction of sp³-hybridized carbons (Fsp3) is 0.750. The lowest BCUT2D eigenvalue weighted by atomic mass is 10.1. The predicted octanol–water partition coefficient (Wildman–Crippen LogP) is -0.246. The highest BCUT2D eigenvalue weighted by Gasteiger charge is 2.09. The second kappa shape index (κ2) is 4.34. The molecule has 1 atom stereocenters. The monoisotopic (exact) mass is 184 g/mol. The van der Waals surface area contributed by atoms with Gasteiger partial charge in [-0.3, -0.25) is 4.68 Å². The van der Waals surface area contributed by atoms with Crippen LogP contribution in [-0.4, -0.2) is 26.1 Å². The highest BCUT2D eigenvalue weighted by molar-refractivity contribution is 4.89. The van der Waals surface area contributed by atoms with E-state index >= 15 is 0 Å². The molecule has 5 heteroatoms. The van der Waals surface area contributed by atoms with E-state index in [4.69, 9.17) is 10.8 Å². The van der Waals surface area contributed by atoms with Crippen molar-refractivity contribution in [2.24, 2.45) is 11.7 Å². The Kier molecular flexibility index (Phi) is 3.39. The molecule has 0 fully saturated rings. The molecule has 13 heavy (non-hydrogen) atoms. The van der Waals surface area contributed by atoms with Crippen LogP contribution < -0.4 is 5.73 Å². The first-order valence-corrected chi connectivity index (χ1v) is 4.39. The zero-order chi connectivity index (χ0) is 9.84. The summed E-state index contributed by atoms with van der Waals surface area (Å²) >= 11 is 0. The molecule has 0 saturated carbocycles. The molecule has 0 unspecified atom stereocenters. The molecule has 0 aliphatic rings. The highest BCUT2D eigenvalue weighted by atomic mass is 16.3. The van der Waals surface area contributed by atoms with Gasteiger partial charge in [-0.2, -0.15) is 0 Å². The smallest absolute Gasteiger partial charge is 0.108 e. The Bertz CT molecular complexity index is 258. The molecule has 74 valence electrons. The van der Waals surface area contributed by atoms with Gasteiger partial charge in [0, 0.05) is 6.04 Å². The Labute approximate surface area is 77.6 Å². The van der Waals surface area contributed by atoms with Crippen molar-refractivity contribution in [2.75, 3.05) is 0 Å². The minimum absolute atomic E-state index is 0.0725. The minimum Gasteiger partial charge on any atom is -0.390 e. The van der Waals surface area contributed by atoms with Gasteiger partial charge in [0.2, 0.25) is 0 Å². The highest BCUT2D eigenvalue weighted by Crippen LogP contribution is 2.01. The topological polar surface area (TPSA) is 77.0 Å². The van der Waals surface area contributed by atoms with E-state index in [9.17, 15) is 0 Å². The molecule has 0 radical (unpaired) electrons. The lowest BCUT2D eigenvalue weighted by Crippen LogP contribution is -2.31. The first kappa shape index (κ1) is 10.1. The summed E-state index contributed by atoms with van der Waals surface area (Å²) in [5.41, 5.74) is 6.43. The van der Waals surface area contributed by atoms with Crippen LogP contribution in [0.5, 0.6) is 0 Å². The lowest BCUT2D eigenvalue weighted by molar-refractivity contribution is 0.276. The molecule has 0 aliphatic carbocycles. The van der Waals surface area contributed by atoms with Crippen LogP contribution in [0.1, 0.15) is 19.5 Å². The average molecular weight is 184 g/mol. The van der Waals surface area contributed by atoms with Crippen molar-refractivity contribution in [2.45, 2.75) is 33.0 Å². The van der Waals surface area contributed by atoms with Crippen molar-refractivity contribution < 1.29 is 5.11 Å². The summed E-state index contributed by atoms with van der Waals surface area (Å²) in [7, 11) is 0. The summed E-state index contributed by atoms with van der Waals surface area (Å²) in [6.07, 6.45) is 1.71. The summed E-state index contributed by atoms with van der Waals surface area (Å²) in [4.78, 5) is 0. The van der Waals surface area contributed by atoms with E-state index < -0.39 is 0 Å². The third-order valence-electron chi connectivity index (χ3n) is 2.00. The van der Waals surface area contributed by atoms with E-state index in [0.29, 0.717) is 18.2 Å². The van der Waals surface area contributed by atoms with Gasteiger partial charge >= 0.3 is 0 Å². The van der Waals surface area contributed by atoms with Gasteiger partial charge < -0.3 is 10.8 Å². The first-order chi connectivity index (χ1) is 6.13. The zero-order valence-electron chi connectivity index (χ0n) is 8.01. The van der Waals surface area contributed by atoms with E-state index in [2.05, 4.69) is 24.2 Å². The number of hydrogen-bond acceptors (Lipinski definition) is 4. The lowest BCUT2D eigenvalue weighted by Gasteiger charge is -2.14. The van der Waals surface area contributed by atoms with Crippen molar-refractivity contribution in [3.05, 3.63) is 11.9 Å². The normalized spacial score (nSPS) is 13.6. The molecule has 0 aromatic carbocycles. The summed E-state index contributed by atoms with van der Waals surface area (Å²) in [5, 5.41) is 16.3. The van der Waals surface area contributed by atoms with Crippen LogP contribution in [0, 0.1) is 5.92 Å². The number of rotatable bonds is 4. The van der Waals surface area contributed by atoms with Crippen molar-refractivity contribution in [1.29, 1.82) is 0 Å². The zero-order valence-corrected chi connectivity index (χ0v) is 8.01. The van der Waals surface area contributed by atoms with Crippen molar-refractivity contribution in [3.63, 3.8) is 0 Å². The van der Waals surface area contributed by atoms with E-state index in [-0.39, 0.29) is 12.6 Å². The summed E-state index contributed by atoms with van der Waals surface area (Å²) in [5.74, 6) is 0.418. The largest absolute Gasteiger partial charge is 0.390 e. The maximum atomic E-state index is 8.75. The van der Waals surface area contributed by atoms with Crippen LogP contribution in [-0.2, 0) is 13.2 Å². The number of hydrogen-bond donors (Lipinski definition) is 2. The van der Waals surface area contributed by atoms with E-state index in [1.165, 1.54) is 0 Å². The van der Waals surface area contributed by atoms with Crippen LogP contribution in [0.25, 0.3) is 0 Å². The number of aliphatic hydroxyl groups is 1.